The minimum Gasteiger partial charge on any atom is -0.381 e. The molecule has 0 atom stereocenters. The van der Waals surface area contributed by atoms with Gasteiger partial charge in [0.25, 0.3) is 0 Å². The fourth-order valence-electron chi connectivity index (χ4n) is 5.48. The standard InChI is InChI=1S/C28H31N5O2/c1-3-27(34)21-7-9-26-24(16-21)28(30-33(26)23-10-13-35-14-11-23)32-12-4-5-20-15-19(6-8-25(20)32)22-17-29-31(2)18-22/h6-9,15-18,23H,3-5,10-14H2,1-2H3. The number of fused-ring (bicyclic) bond motifs is 2. The number of carbonyl (C=O) groups is 1. The molecule has 7 nitrogen and oxygen atoms in total. The van der Waals surface area contributed by atoms with Crippen molar-refractivity contribution in [1.29, 1.82) is 0 Å². The van der Waals surface area contributed by atoms with Crippen molar-refractivity contribution in [3.8, 4) is 11.1 Å². The van der Waals surface area contributed by atoms with Crippen molar-refractivity contribution in [3.05, 3.63) is 59.9 Å². The van der Waals surface area contributed by atoms with Gasteiger partial charge in [-0.3, -0.25) is 14.2 Å². The summed E-state index contributed by atoms with van der Waals surface area (Å²) in [4.78, 5) is 14.9. The Bertz CT molecular complexity index is 1400. The van der Waals surface area contributed by atoms with E-state index in [1.807, 2.05) is 30.9 Å². The van der Waals surface area contributed by atoms with E-state index in [1.165, 1.54) is 16.8 Å². The number of carbonyl (C=O) groups excluding carboxylic acids is 1. The number of nitrogens with zero attached hydrogens (tertiary/aromatic N) is 5. The normalized spacial score (nSPS) is 16.6. The van der Waals surface area contributed by atoms with E-state index in [2.05, 4.69) is 51.2 Å². The van der Waals surface area contributed by atoms with Crippen molar-refractivity contribution in [2.24, 2.45) is 7.05 Å². The molecule has 2 aromatic heterocycles. The largest absolute Gasteiger partial charge is 0.381 e. The molecular formula is C28H31N5O2. The van der Waals surface area contributed by atoms with Crippen molar-refractivity contribution in [2.75, 3.05) is 24.7 Å². The molecule has 0 amide bonds. The molecule has 0 radical (unpaired) electrons. The zero-order valence-corrected chi connectivity index (χ0v) is 20.4. The number of Topliss-reactive ketones (excluding diaryl/α,β-unsaturated/α-hetero) is 1. The number of anilines is 2. The van der Waals surface area contributed by atoms with Crippen LogP contribution in [0.5, 0.6) is 0 Å². The second-order valence-electron chi connectivity index (χ2n) is 9.62. The predicted octanol–water partition coefficient (Wildman–Crippen LogP) is 5.47. The van der Waals surface area contributed by atoms with Crippen LogP contribution in [0, 0.1) is 0 Å². The first kappa shape index (κ1) is 22.0. The number of rotatable bonds is 5. The van der Waals surface area contributed by atoms with E-state index in [1.54, 1.807) is 0 Å². The maximum absolute atomic E-state index is 12.6. The van der Waals surface area contributed by atoms with Crippen LogP contribution in [-0.4, -0.2) is 45.1 Å². The van der Waals surface area contributed by atoms with Gasteiger partial charge in [0.05, 0.1) is 17.8 Å². The van der Waals surface area contributed by atoms with Gasteiger partial charge in [0.1, 0.15) is 0 Å². The second-order valence-corrected chi connectivity index (χ2v) is 9.62. The monoisotopic (exact) mass is 469 g/mol. The van der Waals surface area contributed by atoms with Gasteiger partial charge in [-0.15, -0.1) is 0 Å². The fraction of sp³-hybridized carbons (Fsp3) is 0.393. The average Bonchev–Trinajstić information content (AvgIpc) is 3.51. The first-order valence-corrected chi connectivity index (χ1v) is 12.6. The van der Waals surface area contributed by atoms with E-state index in [9.17, 15) is 4.79 Å². The lowest BCUT2D eigenvalue weighted by Crippen LogP contribution is -2.26. The number of ketones is 1. The first-order valence-electron chi connectivity index (χ1n) is 12.6. The molecule has 2 aliphatic rings. The fourth-order valence-corrected chi connectivity index (χ4v) is 5.48. The van der Waals surface area contributed by atoms with Crippen molar-refractivity contribution >= 4 is 28.2 Å². The summed E-state index contributed by atoms with van der Waals surface area (Å²) < 4.78 is 9.64. The summed E-state index contributed by atoms with van der Waals surface area (Å²) in [6, 6.07) is 13.1. The Kier molecular flexibility index (Phi) is 5.65. The van der Waals surface area contributed by atoms with Crippen LogP contribution in [0.4, 0.5) is 11.5 Å². The highest BCUT2D eigenvalue weighted by atomic mass is 16.5. The van der Waals surface area contributed by atoms with Crippen molar-refractivity contribution in [1.82, 2.24) is 19.6 Å². The highest BCUT2D eigenvalue weighted by Crippen LogP contribution is 2.40. The minimum absolute atomic E-state index is 0.164. The van der Waals surface area contributed by atoms with Gasteiger partial charge in [-0.1, -0.05) is 13.0 Å². The quantitative estimate of drug-likeness (QED) is 0.363. The molecule has 0 aliphatic carbocycles. The molecule has 2 aromatic carbocycles. The zero-order valence-electron chi connectivity index (χ0n) is 20.4. The van der Waals surface area contributed by atoms with E-state index in [0.29, 0.717) is 12.5 Å². The number of benzene rings is 2. The van der Waals surface area contributed by atoms with Gasteiger partial charge in [-0.05, 0) is 67.1 Å². The van der Waals surface area contributed by atoms with Crippen molar-refractivity contribution in [3.63, 3.8) is 0 Å². The third-order valence-electron chi connectivity index (χ3n) is 7.36. The van der Waals surface area contributed by atoms with Crippen molar-refractivity contribution in [2.45, 2.75) is 45.1 Å². The SMILES string of the molecule is CCC(=O)c1ccc2c(c1)c(N1CCCc3cc(-c4cnn(C)c4)ccc31)nn2C1CCOCC1. The van der Waals surface area contributed by atoms with Gasteiger partial charge in [0, 0.05) is 61.6 Å². The third-order valence-corrected chi connectivity index (χ3v) is 7.36. The van der Waals surface area contributed by atoms with Crippen LogP contribution in [0.15, 0.2) is 48.8 Å². The van der Waals surface area contributed by atoms with Crippen LogP contribution < -0.4 is 4.90 Å². The topological polar surface area (TPSA) is 65.2 Å². The minimum atomic E-state index is 0.164. The summed E-state index contributed by atoms with van der Waals surface area (Å²) in [7, 11) is 1.95. The number of ether oxygens (including phenoxy) is 1. The summed E-state index contributed by atoms with van der Waals surface area (Å²) in [6.45, 7) is 4.35. The van der Waals surface area contributed by atoms with E-state index in [0.717, 1.165) is 73.3 Å². The smallest absolute Gasteiger partial charge is 0.163 e. The van der Waals surface area contributed by atoms with Gasteiger partial charge in [0.2, 0.25) is 0 Å². The zero-order chi connectivity index (χ0) is 23.9. The van der Waals surface area contributed by atoms with E-state index >= 15 is 0 Å². The van der Waals surface area contributed by atoms with Crippen LogP contribution in [0.3, 0.4) is 0 Å². The number of aryl methyl sites for hydroxylation is 2. The number of hydrogen-bond acceptors (Lipinski definition) is 5. The molecule has 0 spiro atoms. The van der Waals surface area contributed by atoms with Gasteiger partial charge < -0.3 is 9.64 Å². The molecule has 6 rings (SSSR count). The molecule has 1 fully saturated rings. The summed E-state index contributed by atoms with van der Waals surface area (Å²) in [5.74, 6) is 1.11. The molecule has 7 heteroatoms. The second kappa shape index (κ2) is 8.96. The molecular weight excluding hydrogens is 438 g/mol. The lowest BCUT2D eigenvalue weighted by molar-refractivity contribution is 0.0675. The molecule has 0 unspecified atom stereocenters. The van der Waals surface area contributed by atoms with Gasteiger partial charge in [-0.25, -0.2) is 0 Å². The number of hydrogen-bond donors (Lipinski definition) is 0. The lowest BCUT2D eigenvalue weighted by Gasteiger charge is -2.30. The van der Waals surface area contributed by atoms with E-state index < -0.39 is 0 Å². The Hall–Kier alpha value is -3.45. The van der Waals surface area contributed by atoms with Gasteiger partial charge in [0.15, 0.2) is 11.6 Å². The summed E-state index contributed by atoms with van der Waals surface area (Å²) in [5, 5.41) is 10.6. The molecule has 0 bridgehead atoms. The van der Waals surface area contributed by atoms with E-state index in [-0.39, 0.29) is 5.78 Å². The summed E-state index contributed by atoms with van der Waals surface area (Å²) >= 11 is 0. The molecule has 1 saturated heterocycles. The average molecular weight is 470 g/mol. The molecule has 0 saturated carbocycles. The van der Waals surface area contributed by atoms with E-state index in [4.69, 9.17) is 9.84 Å². The van der Waals surface area contributed by atoms with Gasteiger partial charge >= 0.3 is 0 Å². The Morgan fingerprint density at radius 2 is 1.97 bits per heavy atom. The highest BCUT2D eigenvalue weighted by Gasteiger charge is 2.27. The summed E-state index contributed by atoms with van der Waals surface area (Å²) in [5.41, 5.74) is 6.70. The molecule has 4 heterocycles. The van der Waals surface area contributed by atoms with Gasteiger partial charge in [-0.2, -0.15) is 10.2 Å². The lowest BCUT2D eigenvalue weighted by atomic mass is 9.97. The number of aromatic nitrogens is 4. The maximum atomic E-state index is 12.6. The maximum Gasteiger partial charge on any atom is 0.163 e. The van der Waals surface area contributed by atoms with Crippen LogP contribution in [-0.2, 0) is 18.2 Å². The Morgan fingerprint density at radius 1 is 1.11 bits per heavy atom. The Labute approximate surface area is 205 Å². The summed E-state index contributed by atoms with van der Waals surface area (Å²) in [6.07, 6.45) is 8.47. The molecule has 35 heavy (non-hydrogen) atoms. The highest BCUT2D eigenvalue weighted by molar-refractivity contribution is 6.02. The van der Waals surface area contributed by atoms with Crippen LogP contribution in [0.25, 0.3) is 22.0 Å². The van der Waals surface area contributed by atoms with Crippen LogP contribution in [0.2, 0.25) is 0 Å². The predicted molar refractivity (Wildman–Crippen MR) is 137 cm³/mol. The Balaban J connectivity index is 1.47. The molecule has 180 valence electrons. The first-order chi connectivity index (χ1) is 17.1. The molecule has 2 aliphatic heterocycles. The Morgan fingerprint density at radius 3 is 2.74 bits per heavy atom. The van der Waals surface area contributed by atoms with Crippen LogP contribution >= 0.6 is 0 Å². The van der Waals surface area contributed by atoms with Crippen molar-refractivity contribution < 1.29 is 9.53 Å². The molecule has 4 aromatic rings. The third kappa shape index (κ3) is 3.93. The van der Waals surface area contributed by atoms with Crippen LogP contribution in [0.1, 0.15) is 54.6 Å². The molecule has 0 N–H and O–H groups in total.